The topological polar surface area (TPSA) is 116 Å². The van der Waals surface area contributed by atoms with Gasteiger partial charge in [-0.15, -0.1) is 0 Å². The van der Waals surface area contributed by atoms with Crippen molar-refractivity contribution in [3.05, 3.63) is 89.0 Å². The van der Waals surface area contributed by atoms with Crippen LogP contribution in [-0.2, 0) is 46.9 Å². The van der Waals surface area contributed by atoms with Gasteiger partial charge >= 0.3 is 0 Å². The van der Waals surface area contributed by atoms with Crippen LogP contribution >= 0.6 is 0 Å². The van der Waals surface area contributed by atoms with Crippen LogP contribution in [0.4, 0.5) is 5.69 Å². The van der Waals surface area contributed by atoms with Crippen LogP contribution < -0.4 is 9.64 Å². The van der Waals surface area contributed by atoms with Gasteiger partial charge in [-0.25, -0.2) is 8.42 Å². The van der Waals surface area contributed by atoms with Crippen molar-refractivity contribution in [3.63, 3.8) is 0 Å². The number of rotatable bonds is 18. The Bertz CT molecular complexity index is 1580. The van der Waals surface area contributed by atoms with Gasteiger partial charge in [-0.3, -0.25) is 0 Å². The highest BCUT2D eigenvalue weighted by molar-refractivity contribution is 7.89. The first-order valence-corrected chi connectivity index (χ1v) is 18.8. The van der Waals surface area contributed by atoms with E-state index in [0.717, 1.165) is 53.2 Å². The molecule has 0 radical (unpaired) electrons. The number of aliphatic hydroxyl groups is 1. The van der Waals surface area contributed by atoms with E-state index in [2.05, 4.69) is 11.0 Å². The molecule has 0 spiro atoms. The van der Waals surface area contributed by atoms with E-state index >= 15 is 0 Å². The van der Waals surface area contributed by atoms with E-state index in [0.29, 0.717) is 33.0 Å². The minimum atomic E-state index is -3.87. The summed E-state index contributed by atoms with van der Waals surface area (Å²) < 4.78 is 64.7. The van der Waals surface area contributed by atoms with E-state index in [1.54, 1.807) is 45.4 Å². The lowest BCUT2D eigenvalue weighted by Crippen LogP contribution is -2.54. The lowest BCUT2D eigenvalue weighted by Gasteiger charge is -2.43. The number of fused-ring (bicyclic) bond motifs is 1. The van der Waals surface area contributed by atoms with Gasteiger partial charge in [-0.05, 0) is 61.2 Å². The van der Waals surface area contributed by atoms with Crippen LogP contribution in [-0.4, -0.2) is 110 Å². The first-order valence-electron chi connectivity index (χ1n) is 17.3. The Morgan fingerprint density at radius 2 is 1.58 bits per heavy atom. The van der Waals surface area contributed by atoms with Crippen molar-refractivity contribution < 1.29 is 41.9 Å². The van der Waals surface area contributed by atoms with Crippen molar-refractivity contribution in [1.82, 2.24) is 4.31 Å². The van der Waals surface area contributed by atoms with Crippen LogP contribution in [0.3, 0.4) is 0 Å². The zero-order valence-corrected chi connectivity index (χ0v) is 30.5. The van der Waals surface area contributed by atoms with Crippen molar-refractivity contribution >= 4 is 15.7 Å². The van der Waals surface area contributed by atoms with Crippen LogP contribution in [0.25, 0.3) is 0 Å². The number of benzene rings is 3. The number of methoxy groups -OCH3 is 2. The van der Waals surface area contributed by atoms with Crippen molar-refractivity contribution in [2.45, 2.75) is 62.6 Å². The molecule has 0 saturated carbocycles. The average Bonchev–Trinajstić information content (AvgIpc) is 3.12. The van der Waals surface area contributed by atoms with Crippen molar-refractivity contribution in [2.24, 2.45) is 0 Å². The first kappa shape index (κ1) is 38.2. The molecule has 5 rings (SSSR count). The zero-order chi connectivity index (χ0) is 35.5. The van der Waals surface area contributed by atoms with E-state index in [1.807, 2.05) is 43.3 Å². The molecule has 1 N–H and O–H groups in total. The molecule has 0 aliphatic carbocycles. The number of hydrogen-bond donors (Lipinski definition) is 1. The monoisotopic (exact) mass is 712 g/mol. The molecule has 4 atom stereocenters. The third-order valence-electron chi connectivity index (χ3n) is 9.07. The molecule has 12 heteroatoms. The molecule has 2 aliphatic heterocycles. The quantitative estimate of drug-likeness (QED) is 0.189. The third-order valence-corrected chi connectivity index (χ3v) is 10.9. The number of sulfonamides is 1. The second-order valence-corrected chi connectivity index (χ2v) is 14.9. The second kappa shape index (κ2) is 18.4. The molecule has 2 heterocycles. The van der Waals surface area contributed by atoms with E-state index in [1.165, 1.54) is 4.31 Å². The van der Waals surface area contributed by atoms with Crippen LogP contribution in [0.1, 0.15) is 41.5 Å². The molecule has 2 aliphatic rings. The Morgan fingerprint density at radius 3 is 2.28 bits per heavy atom. The number of anilines is 1. The van der Waals surface area contributed by atoms with E-state index < -0.39 is 28.3 Å². The molecule has 1 unspecified atom stereocenters. The number of nitrogens with zero attached hydrogens (tertiary/aromatic N) is 2. The van der Waals surface area contributed by atoms with E-state index in [-0.39, 0.29) is 37.1 Å². The van der Waals surface area contributed by atoms with Crippen LogP contribution in [0, 0.1) is 6.92 Å². The van der Waals surface area contributed by atoms with Crippen molar-refractivity contribution in [3.8, 4) is 5.75 Å². The van der Waals surface area contributed by atoms with Crippen molar-refractivity contribution in [1.29, 1.82) is 0 Å². The lowest BCUT2D eigenvalue weighted by molar-refractivity contribution is -0.0916. The molecule has 11 nitrogen and oxygen atoms in total. The summed E-state index contributed by atoms with van der Waals surface area (Å²) >= 11 is 0. The summed E-state index contributed by atoms with van der Waals surface area (Å²) in [6.07, 6.45) is -0.967. The molecule has 0 aromatic heterocycles. The van der Waals surface area contributed by atoms with Gasteiger partial charge in [0.15, 0.2) is 0 Å². The number of ether oxygens (including phenoxy) is 6. The van der Waals surface area contributed by atoms with Gasteiger partial charge in [0.1, 0.15) is 12.4 Å². The fourth-order valence-corrected chi connectivity index (χ4v) is 7.88. The highest BCUT2D eigenvalue weighted by Crippen LogP contribution is 2.37. The predicted octanol–water partition coefficient (Wildman–Crippen LogP) is 4.53. The Labute approximate surface area is 297 Å². The molecular weight excluding hydrogens is 660 g/mol. The molecule has 274 valence electrons. The summed E-state index contributed by atoms with van der Waals surface area (Å²) in [5.41, 5.74) is 4.91. The van der Waals surface area contributed by atoms with E-state index in [9.17, 15) is 13.5 Å². The van der Waals surface area contributed by atoms with Gasteiger partial charge in [0.2, 0.25) is 10.0 Å². The smallest absolute Gasteiger partial charge is 0.243 e. The number of aryl methyl sites for hydroxylation is 1. The zero-order valence-electron chi connectivity index (χ0n) is 29.7. The lowest BCUT2D eigenvalue weighted by atomic mass is 9.85. The highest BCUT2D eigenvalue weighted by atomic mass is 32.2. The molecule has 0 amide bonds. The molecule has 1 fully saturated rings. The van der Waals surface area contributed by atoms with Crippen molar-refractivity contribution in [2.75, 3.05) is 78.3 Å². The standard InChI is InChI=1S/C38H52N2O9S/c1-28-6-13-33(14-7-28)50(42,43)40-23-36(48-25-29(2)41)38(32-11-8-30(9-12-32)26-46-21-20-45-4)37(24-40)49-27-31-10-15-35-34(22-31)39(17-19-47-35)16-5-18-44-3/h6-15,22,29,36-38,41H,5,16-21,23-27H2,1-4H3/t29?,36-,37+,38+/m1/s1. The van der Waals surface area contributed by atoms with E-state index in [4.69, 9.17) is 28.4 Å². The predicted molar refractivity (Wildman–Crippen MR) is 191 cm³/mol. The number of aliphatic hydroxyl groups excluding tert-OH is 1. The second-order valence-electron chi connectivity index (χ2n) is 13.0. The molecule has 0 bridgehead atoms. The van der Waals surface area contributed by atoms with Gasteiger partial charge < -0.3 is 38.4 Å². The van der Waals surface area contributed by atoms with Crippen LogP contribution in [0.15, 0.2) is 71.6 Å². The van der Waals surface area contributed by atoms with Gasteiger partial charge in [0, 0.05) is 46.4 Å². The maximum Gasteiger partial charge on any atom is 0.243 e. The summed E-state index contributed by atoms with van der Waals surface area (Å²) in [6, 6.07) is 21.0. The third kappa shape index (κ3) is 10.0. The summed E-state index contributed by atoms with van der Waals surface area (Å²) in [7, 11) is -0.521. The maximum atomic E-state index is 14.1. The van der Waals surface area contributed by atoms with Gasteiger partial charge in [0.25, 0.3) is 0 Å². The highest BCUT2D eigenvalue weighted by Gasteiger charge is 2.43. The molecular formula is C38H52N2O9S. The summed E-state index contributed by atoms with van der Waals surface area (Å²) in [4.78, 5) is 2.52. The fraction of sp³-hybridized carbons (Fsp3) is 0.526. The Hall–Kier alpha value is -3.07. The molecule has 3 aromatic rings. The van der Waals surface area contributed by atoms with Gasteiger partial charge in [-0.2, -0.15) is 4.31 Å². The molecule has 1 saturated heterocycles. The average molecular weight is 713 g/mol. The number of piperidine rings is 1. The van der Waals surface area contributed by atoms with Crippen LogP contribution in [0.5, 0.6) is 5.75 Å². The number of hydrogen-bond acceptors (Lipinski definition) is 10. The maximum absolute atomic E-state index is 14.1. The fourth-order valence-electron chi connectivity index (χ4n) is 6.41. The molecule has 50 heavy (non-hydrogen) atoms. The van der Waals surface area contributed by atoms with Gasteiger partial charge in [0.05, 0.1) is 68.5 Å². The minimum absolute atomic E-state index is 0.0570. The minimum Gasteiger partial charge on any atom is -0.490 e. The molecule has 3 aromatic carbocycles. The Kier molecular flexibility index (Phi) is 14.1. The SMILES string of the molecule is COCCCN1CCOc2ccc(CO[C@H]3CN(S(=O)(=O)c4ccc(C)cc4)C[C@@H](OCC(C)O)[C@@H]3c3ccc(COCCOC)cc3)cc21. The first-order chi connectivity index (χ1) is 24.2. The summed E-state index contributed by atoms with van der Waals surface area (Å²) in [5, 5.41) is 10.2. The normalized spacial score (nSPS) is 20.3. The Balaban J connectivity index is 1.44. The van der Waals surface area contributed by atoms with Crippen LogP contribution in [0.2, 0.25) is 0 Å². The summed E-state index contributed by atoms with van der Waals surface area (Å²) in [6.45, 7) is 8.54. The Morgan fingerprint density at radius 1 is 0.880 bits per heavy atom. The largest absolute Gasteiger partial charge is 0.490 e. The summed E-state index contributed by atoms with van der Waals surface area (Å²) in [5.74, 6) is 0.523. The van der Waals surface area contributed by atoms with Gasteiger partial charge in [-0.1, -0.05) is 48.0 Å².